The molecule has 33 heavy (non-hydrogen) atoms. The molecule has 0 spiro atoms. The molecule has 1 unspecified atom stereocenters. The minimum absolute atomic E-state index is 0.186. The first kappa shape index (κ1) is 24.4. The number of nitrogens with zero attached hydrogens (tertiary/aromatic N) is 3. The Kier molecular flexibility index (Phi) is 6.88. The molecule has 0 N–H and O–H groups in total. The van der Waals surface area contributed by atoms with Gasteiger partial charge in [0.15, 0.2) is 15.9 Å². The van der Waals surface area contributed by atoms with Crippen LogP contribution < -0.4 is 9.64 Å². The first-order valence-corrected chi connectivity index (χ1v) is 11.9. The molecule has 1 amide bonds. The van der Waals surface area contributed by atoms with E-state index in [2.05, 4.69) is 0 Å². The SMILES string of the molecule is CC(Oc1ccc(S(C)(=O)=O)cc1C(=O)N1CCN(c2ccc(C#N)cc2)CC1)C(F)(F)F. The van der Waals surface area contributed by atoms with E-state index in [9.17, 15) is 26.4 Å². The summed E-state index contributed by atoms with van der Waals surface area (Å²) in [5, 5.41) is 8.92. The maximum absolute atomic E-state index is 13.2. The van der Waals surface area contributed by atoms with Gasteiger partial charge in [0.1, 0.15) is 5.75 Å². The van der Waals surface area contributed by atoms with Crippen LogP contribution in [0.25, 0.3) is 0 Å². The monoisotopic (exact) mass is 481 g/mol. The number of rotatable bonds is 5. The highest BCUT2D eigenvalue weighted by atomic mass is 32.2. The van der Waals surface area contributed by atoms with Crippen LogP contribution in [0.15, 0.2) is 47.4 Å². The molecule has 0 aromatic heterocycles. The van der Waals surface area contributed by atoms with Crippen molar-refractivity contribution in [3.05, 3.63) is 53.6 Å². The molecule has 0 radical (unpaired) electrons. The third-order valence-electron chi connectivity index (χ3n) is 5.30. The van der Waals surface area contributed by atoms with Gasteiger partial charge in [-0.05, 0) is 49.4 Å². The summed E-state index contributed by atoms with van der Waals surface area (Å²) in [4.78, 5) is 16.5. The van der Waals surface area contributed by atoms with Gasteiger partial charge in [-0.2, -0.15) is 18.4 Å². The molecule has 1 fully saturated rings. The van der Waals surface area contributed by atoms with Crippen molar-refractivity contribution in [1.29, 1.82) is 5.26 Å². The van der Waals surface area contributed by atoms with Gasteiger partial charge in [-0.25, -0.2) is 8.42 Å². The van der Waals surface area contributed by atoms with Crippen LogP contribution in [-0.2, 0) is 9.84 Å². The number of carbonyl (C=O) groups is 1. The second-order valence-corrected chi connectivity index (χ2v) is 9.69. The quantitative estimate of drug-likeness (QED) is 0.651. The standard InChI is InChI=1S/C22H22F3N3O4S/c1-15(22(23,24)25)32-20-8-7-18(33(2,30)31)13-19(20)21(29)28-11-9-27(10-12-28)17-5-3-16(14-26)4-6-17/h3-8,13,15H,9-12H2,1-2H3. The summed E-state index contributed by atoms with van der Waals surface area (Å²) >= 11 is 0. The third-order valence-corrected chi connectivity index (χ3v) is 6.41. The Morgan fingerprint density at radius 1 is 1.09 bits per heavy atom. The van der Waals surface area contributed by atoms with Crippen molar-refractivity contribution in [3.63, 3.8) is 0 Å². The largest absolute Gasteiger partial charge is 0.480 e. The molecule has 176 valence electrons. The maximum Gasteiger partial charge on any atom is 0.425 e. The van der Waals surface area contributed by atoms with E-state index >= 15 is 0 Å². The van der Waals surface area contributed by atoms with Gasteiger partial charge >= 0.3 is 6.18 Å². The summed E-state index contributed by atoms with van der Waals surface area (Å²) in [5.41, 5.74) is 1.17. The second-order valence-electron chi connectivity index (χ2n) is 7.67. The van der Waals surface area contributed by atoms with Crippen LogP contribution in [0.4, 0.5) is 18.9 Å². The number of nitriles is 1. The van der Waals surface area contributed by atoms with Crippen molar-refractivity contribution in [2.24, 2.45) is 0 Å². The summed E-state index contributed by atoms with van der Waals surface area (Å²) in [5.74, 6) is -0.934. The average Bonchev–Trinajstić information content (AvgIpc) is 2.77. The molecule has 2 aromatic rings. The predicted molar refractivity (Wildman–Crippen MR) is 115 cm³/mol. The summed E-state index contributed by atoms with van der Waals surface area (Å²) < 4.78 is 67.9. The number of piperazine rings is 1. The molecule has 1 heterocycles. The molecular formula is C22H22F3N3O4S. The van der Waals surface area contributed by atoms with Crippen LogP contribution in [0.1, 0.15) is 22.8 Å². The number of amides is 1. The minimum Gasteiger partial charge on any atom is -0.480 e. The molecule has 11 heteroatoms. The Bertz CT molecular complexity index is 1170. The maximum atomic E-state index is 13.2. The molecule has 1 aliphatic rings. The lowest BCUT2D eigenvalue weighted by molar-refractivity contribution is -0.189. The average molecular weight is 481 g/mol. The number of hydrogen-bond donors (Lipinski definition) is 0. The van der Waals surface area contributed by atoms with Crippen molar-refractivity contribution in [2.45, 2.75) is 24.1 Å². The second kappa shape index (κ2) is 9.31. The Morgan fingerprint density at radius 3 is 2.21 bits per heavy atom. The van der Waals surface area contributed by atoms with E-state index in [0.29, 0.717) is 18.7 Å². The number of sulfone groups is 1. The summed E-state index contributed by atoms with van der Waals surface area (Å²) in [6.45, 7) is 2.28. The lowest BCUT2D eigenvalue weighted by atomic mass is 10.1. The van der Waals surface area contributed by atoms with E-state index in [0.717, 1.165) is 37.1 Å². The highest BCUT2D eigenvalue weighted by Crippen LogP contribution is 2.30. The highest BCUT2D eigenvalue weighted by molar-refractivity contribution is 7.90. The summed E-state index contributed by atoms with van der Waals surface area (Å²) in [7, 11) is -3.69. The number of alkyl halides is 3. The van der Waals surface area contributed by atoms with E-state index in [1.165, 1.54) is 4.90 Å². The van der Waals surface area contributed by atoms with Crippen LogP contribution >= 0.6 is 0 Å². The molecule has 7 nitrogen and oxygen atoms in total. The molecular weight excluding hydrogens is 459 g/mol. The van der Waals surface area contributed by atoms with Crippen molar-refractivity contribution in [2.75, 3.05) is 37.3 Å². The Labute approximate surface area is 189 Å². The van der Waals surface area contributed by atoms with Gasteiger partial charge in [0.2, 0.25) is 0 Å². The predicted octanol–water partition coefficient (Wildman–Crippen LogP) is 3.25. The number of halogens is 3. The van der Waals surface area contributed by atoms with Gasteiger partial charge in [0.05, 0.1) is 22.1 Å². The molecule has 1 saturated heterocycles. The molecule has 2 aromatic carbocycles. The first-order valence-electron chi connectivity index (χ1n) is 10.0. The molecule has 0 saturated carbocycles. The van der Waals surface area contributed by atoms with Gasteiger partial charge in [0.25, 0.3) is 5.91 Å². The number of ether oxygens (including phenoxy) is 1. The topological polar surface area (TPSA) is 90.7 Å². The van der Waals surface area contributed by atoms with Crippen molar-refractivity contribution in [3.8, 4) is 11.8 Å². The van der Waals surface area contributed by atoms with Crippen molar-refractivity contribution < 1.29 is 31.1 Å². The minimum atomic E-state index is -4.65. The Hall–Kier alpha value is -3.26. The smallest absolute Gasteiger partial charge is 0.425 e. The van der Waals surface area contributed by atoms with Crippen LogP contribution in [0.2, 0.25) is 0 Å². The number of anilines is 1. The summed E-state index contributed by atoms with van der Waals surface area (Å²) in [6, 6.07) is 12.3. The Balaban J connectivity index is 1.82. The highest BCUT2D eigenvalue weighted by Gasteiger charge is 2.39. The zero-order chi connectivity index (χ0) is 24.4. The zero-order valence-corrected chi connectivity index (χ0v) is 18.8. The number of carbonyl (C=O) groups excluding carboxylic acids is 1. The van der Waals surface area contributed by atoms with Gasteiger partial charge in [-0.3, -0.25) is 4.79 Å². The molecule has 0 bridgehead atoms. The lowest BCUT2D eigenvalue weighted by Crippen LogP contribution is -2.49. The number of hydrogen-bond acceptors (Lipinski definition) is 6. The van der Waals surface area contributed by atoms with Crippen molar-refractivity contribution in [1.82, 2.24) is 4.90 Å². The van der Waals surface area contributed by atoms with Crippen LogP contribution in [0.3, 0.4) is 0 Å². The Morgan fingerprint density at radius 2 is 1.70 bits per heavy atom. The summed E-state index contributed by atoms with van der Waals surface area (Å²) in [6.07, 6.45) is -5.88. The van der Waals surface area contributed by atoms with Crippen LogP contribution in [0.5, 0.6) is 5.75 Å². The fourth-order valence-electron chi connectivity index (χ4n) is 3.35. The first-order chi connectivity index (χ1) is 15.4. The fraction of sp³-hybridized carbons (Fsp3) is 0.364. The molecule has 1 atom stereocenters. The van der Waals surface area contributed by atoms with Crippen LogP contribution in [0, 0.1) is 11.3 Å². The van der Waals surface area contributed by atoms with E-state index < -0.39 is 28.0 Å². The lowest BCUT2D eigenvalue weighted by Gasteiger charge is -2.36. The van der Waals surface area contributed by atoms with E-state index in [-0.39, 0.29) is 29.3 Å². The molecule has 3 rings (SSSR count). The third kappa shape index (κ3) is 5.76. The van der Waals surface area contributed by atoms with E-state index in [4.69, 9.17) is 10.00 Å². The molecule has 1 aliphatic heterocycles. The van der Waals surface area contributed by atoms with Gasteiger partial charge in [-0.15, -0.1) is 0 Å². The van der Waals surface area contributed by atoms with E-state index in [1.54, 1.807) is 24.3 Å². The fourth-order valence-corrected chi connectivity index (χ4v) is 4.00. The van der Waals surface area contributed by atoms with Gasteiger partial charge < -0.3 is 14.5 Å². The van der Waals surface area contributed by atoms with Gasteiger partial charge in [0, 0.05) is 38.1 Å². The van der Waals surface area contributed by atoms with Gasteiger partial charge in [-0.1, -0.05) is 0 Å². The number of benzene rings is 2. The van der Waals surface area contributed by atoms with Crippen LogP contribution in [-0.4, -0.2) is 63.9 Å². The molecule has 0 aliphatic carbocycles. The normalized spacial score (nSPS) is 15.6. The van der Waals surface area contributed by atoms with Crippen molar-refractivity contribution >= 4 is 21.4 Å². The van der Waals surface area contributed by atoms with E-state index in [1.807, 2.05) is 11.0 Å². The zero-order valence-electron chi connectivity index (χ0n) is 18.0.